The third-order valence-corrected chi connectivity index (χ3v) is 3.40. The topological polar surface area (TPSA) is 26.0 Å². The maximum atomic E-state index is 13.1. The first-order valence-corrected chi connectivity index (χ1v) is 6.30. The Balaban J connectivity index is 2.21. The van der Waals surface area contributed by atoms with Gasteiger partial charge in [0.15, 0.2) is 0 Å². The van der Waals surface area contributed by atoms with Gasteiger partial charge in [0.2, 0.25) is 0 Å². The summed E-state index contributed by atoms with van der Waals surface area (Å²) in [7, 11) is 0. The van der Waals surface area contributed by atoms with Gasteiger partial charge in [-0.3, -0.25) is 0 Å². The van der Waals surface area contributed by atoms with Gasteiger partial charge in [-0.05, 0) is 60.8 Å². The Labute approximate surface area is 112 Å². The van der Waals surface area contributed by atoms with Gasteiger partial charge in [0, 0.05) is 5.92 Å². The van der Waals surface area contributed by atoms with Gasteiger partial charge >= 0.3 is 0 Å². The van der Waals surface area contributed by atoms with E-state index in [0.717, 1.165) is 23.1 Å². The molecule has 19 heavy (non-hydrogen) atoms. The first kappa shape index (κ1) is 13.7. The smallest absolute Gasteiger partial charge is 0.123 e. The normalized spacial score (nSPS) is 12.4. The van der Waals surface area contributed by atoms with Gasteiger partial charge in [0.1, 0.15) is 11.6 Å². The van der Waals surface area contributed by atoms with Gasteiger partial charge in [-0.1, -0.05) is 18.2 Å². The van der Waals surface area contributed by atoms with Crippen LogP contribution in [0.5, 0.6) is 0 Å². The lowest BCUT2D eigenvalue weighted by molar-refractivity contribution is 0.619. The molecule has 3 heteroatoms. The van der Waals surface area contributed by atoms with Crippen LogP contribution in [-0.2, 0) is 6.42 Å². The molecule has 0 fully saturated rings. The molecule has 0 radical (unpaired) electrons. The van der Waals surface area contributed by atoms with E-state index in [9.17, 15) is 8.78 Å². The molecule has 0 aliphatic rings. The second-order valence-corrected chi connectivity index (χ2v) is 4.76. The van der Waals surface area contributed by atoms with E-state index in [1.54, 1.807) is 18.2 Å². The van der Waals surface area contributed by atoms with Crippen molar-refractivity contribution in [2.75, 3.05) is 6.54 Å². The van der Waals surface area contributed by atoms with E-state index in [1.165, 1.54) is 24.3 Å². The summed E-state index contributed by atoms with van der Waals surface area (Å²) in [5, 5.41) is 0. The first-order chi connectivity index (χ1) is 9.10. The quantitative estimate of drug-likeness (QED) is 0.894. The molecule has 0 bridgehead atoms. The summed E-state index contributed by atoms with van der Waals surface area (Å²) in [5.74, 6) is -0.366. The van der Waals surface area contributed by atoms with Crippen molar-refractivity contribution in [3.05, 3.63) is 70.8 Å². The molecule has 0 spiro atoms. The molecule has 1 atom stereocenters. The van der Waals surface area contributed by atoms with Gasteiger partial charge in [0.05, 0.1) is 0 Å². The molecule has 2 N–H and O–H groups in total. The van der Waals surface area contributed by atoms with Crippen LogP contribution in [0.15, 0.2) is 42.5 Å². The molecule has 0 saturated heterocycles. The number of benzene rings is 2. The first-order valence-electron chi connectivity index (χ1n) is 6.30. The lowest BCUT2D eigenvalue weighted by Gasteiger charge is -2.17. The van der Waals surface area contributed by atoms with Crippen molar-refractivity contribution in [3.8, 4) is 0 Å². The van der Waals surface area contributed by atoms with Crippen LogP contribution in [0.4, 0.5) is 8.78 Å². The number of nitrogens with two attached hydrogens (primary N) is 1. The zero-order valence-corrected chi connectivity index (χ0v) is 10.9. The highest BCUT2D eigenvalue weighted by Gasteiger charge is 2.12. The van der Waals surface area contributed by atoms with E-state index in [4.69, 9.17) is 5.73 Å². The third-order valence-electron chi connectivity index (χ3n) is 3.40. The van der Waals surface area contributed by atoms with E-state index in [0.29, 0.717) is 6.54 Å². The van der Waals surface area contributed by atoms with Crippen molar-refractivity contribution in [1.29, 1.82) is 0 Å². The fourth-order valence-electron chi connectivity index (χ4n) is 2.23. The molecule has 2 aromatic carbocycles. The molecule has 1 nitrogen and oxygen atoms in total. The molecule has 0 aliphatic heterocycles. The summed E-state index contributed by atoms with van der Waals surface area (Å²) in [6.45, 7) is 2.36. The summed E-state index contributed by atoms with van der Waals surface area (Å²) < 4.78 is 26.0. The third kappa shape index (κ3) is 3.38. The minimum Gasteiger partial charge on any atom is -0.330 e. The summed E-state index contributed by atoms with van der Waals surface area (Å²) >= 11 is 0. The van der Waals surface area contributed by atoms with Crippen LogP contribution in [0.1, 0.15) is 22.6 Å². The lowest BCUT2D eigenvalue weighted by Crippen LogP contribution is -2.15. The summed E-state index contributed by atoms with van der Waals surface area (Å²) in [6.07, 6.45) is 0.730. The standard InChI is InChI=1S/C16H17F2N/c1-11-8-16(18)7-4-13(11)9-14(10-19)12-2-5-15(17)6-3-12/h2-8,14H,9-10,19H2,1H3. The number of rotatable bonds is 4. The van der Waals surface area contributed by atoms with Crippen LogP contribution in [-0.4, -0.2) is 6.54 Å². The predicted octanol–water partition coefficient (Wildman–Crippen LogP) is 3.56. The van der Waals surface area contributed by atoms with Crippen LogP contribution in [0.3, 0.4) is 0 Å². The average molecular weight is 261 g/mol. The monoisotopic (exact) mass is 261 g/mol. The molecule has 0 saturated carbocycles. The molecule has 2 rings (SSSR count). The van der Waals surface area contributed by atoms with Gasteiger partial charge in [-0.2, -0.15) is 0 Å². The second-order valence-electron chi connectivity index (χ2n) is 4.76. The van der Waals surface area contributed by atoms with Gasteiger partial charge in [-0.15, -0.1) is 0 Å². The lowest BCUT2D eigenvalue weighted by atomic mass is 9.90. The van der Waals surface area contributed by atoms with Crippen molar-refractivity contribution in [1.82, 2.24) is 0 Å². The summed E-state index contributed by atoms with van der Waals surface area (Å²) in [5.41, 5.74) is 8.80. The molecule has 1 unspecified atom stereocenters. The summed E-state index contributed by atoms with van der Waals surface area (Å²) in [4.78, 5) is 0. The number of hydrogen-bond acceptors (Lipinski definition) is 1. The Morgan fingerprint density at radius 3 is 2.21 bits per heavy atom. The zero-order chi connectivity index (χ0) is 13.8. The highest BCUT2D eigenvalue weighted by Crippen LogP contribution is 2.22. The van der Waals surface area contributed by atoms with Crippen molar-refractivity contribution in [2.45, 2.75) is 19.3 Å². The van der Waals surface area contributed by atoms with Crippen LogP contribution < -0.4 is 5.73 Å². The molecule has 0 aromatic heterocycles. The minimum absolute atomic E-state index is 0.116. The van der Waals surface area contributed by atoms with Gasteiger partial charge in [0.25, 0.3) is 0 Å². The minimum atomic E-state index is -0.252. The van der Waals surface area contributed by atoms with Crippen LogP contribution in [0, 0.1) is 18.6 Å². The molecule has 0 amide bonds. The number of hydrogen-bond donors (Lipinski definition) is 1. The van der Waals surface area contributed by atoms with E-state index >= 15 is 0 Å². The Hall–Kier alpha value is -1.74. The largest absolute Gasteiger partial charge is 0.330 e. The van der Waals surface area contributed by atoms with Crippen LogP contribution in [0.25, 0.3) is 0 Å². The fraction of sp³-hybridized carbons (Fsp3) is 0.250. The van der Waals surface area contributed by atoms with Gasteiger partial charge < -0.3 is 5.73 Å². The van der Waals surface area contributed by atoms with Crippen molar-refractivity contribution in [2.24, 2.45) is 5.73 Å². The van der Waals surface area contributed by atoms with Crippen molar-refractivity contribution < 1.29 is 8.78 Å². The van der Waals surface area contributed by atoms with Crippen molar-refractivity contribution in [3.63, 3.8) is 0 Å². The Kier molecular flexibility index (Phi) is 4.27. The predicted molar refractivity (Wildman–Crippen MR) is 73.0 cm³/mol. The number of aryl methyl sites for hydroxylation is 1. The maximum absolute atomic E-state index is 13.1. The highest BCUT2D eigenvalue weighted by atomic mass is 19.1. The fourth-order valence-corrected chi connectivity index (χ4v) is 2.23. The Bertz CT molecular complexity index is 549. The molecular weight excluding hydrogens is 244 g/mol. The van der Waals surface area contributed by atoms with Crippen LogP contribution >= 0.6 is 0 Å². The Morgan fingerprint density at radius 2 is 1.63 bits per heavy atom. The van der Waals surface area contributed by atoms with E-state index in [2.05, 4.69) is 0 Å². The van der Waals surface area contributed by atoms with E-state index in [1.807, 2.05) is 6.92 Å². The SMILES string of the molecule is Cc1cc(F)ccc1CC(CN)c1ccc(F)cc1. The molecule has 2 aromatic rings. The van der Waals surface area contributed by atoms with Crippen molar-refractivity contribution >= 4 is 0 Å². The second kappa shape index (κ2) is 5.93. The Morgan fingerprint density at radius 1 is 1.00 bits per heavy atom. The maximum Gasteiger partial charge on any atom is 0.123 e. The van der Waals surface area contributed by atoms with Crippen LogP contribution in [0.2, 0.25) is 0 Å². The van der Waals surface area contributed by atoms with E-state index in [-0.39, 0.29) is 17.6 Å². The van der Waals surface area contributed by atoms with Gasteiger partial charge in [-0.25, -0.2) is 8.78 Å². The molecule has 100 valence electrons. The van der Waals surface area contributed by atoms with E-state index < -0.39 is 0 Å². The summed E-state index contributed by atoms with van der Waals surface area (Å²) in [6, 6.07) is 11.2. The average Bonchev–Trinajstić information content (AvgIpc) is 2.39. The molecule has 0 aliphatic carbocycles. The zero-order valence-electron chi connectivity index (χ0n) is 10.9. The number of halogens is 2. The highest BCUT2D eigenvalue weighted by molar-refractivity contribution is 5.30. The molecule has 0 heterocycles. The molecular formula is C16H17F2N.